The van der Waals surface area contributed by atoms with Crippen molar-refractivity contribution in [1.82, 2.24) is 0 Å². The molecule has 1 aromatic carbocycles. The molecule has 0 N–H and O–H groups in total. The lowest BCUT2D eigenvalue weighted by Crippen LogP contribution is -2.06. The number of allylic oxidation sites excluding steroid dienone is 1. The van der Waals surface area contributed by atoms with Gasteiger partial charge in [0.15, 0.2) is 0 Å². The maximum absolute atomic E-state index is 12.4. The van der Waals surface area contributed by atoms with E-state index in [4.69, 9.17) is 5.26 Å². The van der Waals surface area contributed by atoms with Crippen molar-refractivity contribution in [2.75, 3.05) is 0 Å². The maximum atomic E-state index is 12.4. The fourth-order valence-electron chi connectivity index (χ4n) is 1.03. The topological polar surface area (TPSA) is 23.8 Å². The fourth-order valence-corrected chi connectivity index (χ4v) is 1.03. The van der Waals surface area contributed by atoms with Crippen LogP contribution in [0.4, 0.5) is 13.2 Å². The Morgan fingerprint density at radius 1 is 1.21 bits per heavy atom. The molecule has 1 nitrogen and oxygen atoms in total. The number of nitrogens with zero attached hydrogens (tertiary/aromatic N) is 1. The molecule has 0 saturated carbocycles. The Balaban J connectivity index is 3.18. The van der Waals surface area contributed by atoms with Crippen molar-refractivity contribution in [3.63, 3.8) is 0 Å². The first-order chi connectivity index (χ1) is 6.55. The van der Waals surface area contributed by atoms with E-state index in [9.17, 15) is 13.2 Å². The number of benzene rings is 1. The second kappa shape index (κ2) is 3.97. The van der Waals surface area contributed by atoms with Gasteiger partial charge in [0, 0.05) is 6.08 Å². The Labute approximate surface area is 79.1 Å². The zero-order valence-corrected chi connectivity index (χ0v) is 7.05. The predicted molar refractivity (Wildman–Crippen MR) is 46.1 cm³/mol. The smallest absolute Gasteiger partial charge is 0.193 e. The summed E-state index contributed by atoms with van der Waals surface area (Å²) in [5.41, 5.74) is -0.729. The van der Waals surface area contributed by atoms with Gasteiger partial charge in [-0.3, -0.25) is 0 Å². The fraction of sp³-hybridized carbons (Fsp3) is 0.100. The van der Waals surface area contributed by atoms with Gasteiger partial charge < -0.3 is 0 Å². The quantitative estimate of drug-likeness (QED) is 0.634. The van der Waals surface area contributed by atoms with Crippen molar-refractivity contribution in [3.05, 3.63) is 41.5 Å². The summed E-state index contributed by atoms with van der Waals surface area (Å²) in [6, 6.07) is 6.75. The average molecular weight is 197 g/mol. The Morgan fingerprint density at radius 2 is 1.86 bits per heavy atom. The zero-order chi connectivity index (χ0) is 10.6. The molecule has 0 atom stereocenters. The van der Waals surface area contributed by atoms with Gasteiger partial charge in [-0.2, -0.15) is 18.4 Å². The minimum atomic E-state index is -4.38. The van der Waals surface area contributed by atoms with E-state index in [0.717, 1.165) is 18.2 Å². The molecule has 0 bridgehead atoms. The van der Waals surface area contributed by atoms with Crippen LogP contribution in [0.3, 0.4) is 0 Å². The lowest BCUT2D eigenvalue weighted by atomic mass is 10.1. The molecule has 0 unspecified atom stereocenters. The first-order valence-electron chi connectivity index (χ1n) is 3.78. The Kier molecular flexibility index (Phi) is 2.92. The minimum absolute atomic E-state index is 0.00144. The van der Waals surface area contributed by atoms with Gasteiger partial charge in [0.05, 0.1) is 11.6 Å². The van der Waals surface area contributed by atoms with E-state index in [1.54, 1.807) is 6.07 Å². The molecule has 0 amide bonds. The second-order valence-corrected chi connectivity index (χ2v) is 2.55. The summed E-state index contributed by atoms with van der Waals surface area (Å²) in [4.78, 5) is 0. The molecule has 0 fully saturated rings. The summed E-state index contributed by atoms with van der Waals surface area (Å²) in [5, 5.41) is 8.20. The molecule has 0 radical (unpaired) electrons. The van der Waals surface area contributed by atoms with Crippen LogP contribution in [0, 0.1) is 11.3 Å². The molecular formula is C10H6F3N. The van der Waals surface area contributed by atoms with Crippen molar-refractivity contribution in [2.24, 2.45) is 0 Å². The maximum Gasteiger partial charge on any atom is 0.416 e. The predicted octanol–water partition coefficient (Wildman–Crippen LogP) is 3.24. The van der Waals surface area contributed by atoms with Crippen LogP contribution in [0.2, 0.25) is 0 Å². The van der Waals surface area contributed by atoms with Gasteiger partial charge in [-0.25, -0.2) is 0 Å². The van der Waals surface area contributed by atoms with Crippen LogP contribution in [-0.2, 0) is 6.18 Å². The highest BCUT2D eigenvalue weighted by molar-refractivity contribution is 5.56. The van der Waals surface area contributed by atoms with Gasteiger partial charge in [-0.05, 0) is 17.7 Å². The van der Waals surface area contributed by atoms with Crippen molar-refractivity contribution < 1.29 is 13.2 Å². The number of hydrogen-bond acceptors (Lipinski definition) is 1. The Bertz CT molecular complexity index is 385. The van der Waals surface area contributed by atoms with Gasteiger partial charge in [0.2, 0.25) is 0 Å². The molecule has 0 aliphatic heterocycles. The molecule has 0 spiro atoms. The molecule has 0 saturated heterocycles. The third kappa shape index (κ3) is 2.36. The van der Waals surface area contributed by atoms with Gasteiger partial charge in [0.1, 0.15) is 0 Å². The number of alkyl halides is 3. The van der Waals surface area contributed by atoms with Gasteiger partial charge in [-0.1, -0.05) is 18.2 Å². The first-order valence-corrected chi connectivity index (χ1v) is 3.78. The SMILES string of the molecule is N#C/C=C/c1ccccc1C(F)(F)F. The zero-order valence-electron chi connectivity index (χ0n) is 7.05. The van der Waals surface area contributed by atoms with Crippen LogP contribution in [-0.4, -0.2) is 0 Å². The van der Waals surface area contributed by atoms with E-state index in [1.165, 1.54) is 18.2 Å². The van der Waals surface area contributed by atoms with Crippen molar-refractivity contribution >= 4 is 6.08 Å². The number of rotatable bonds is 1. The molecule has 14 heavy (non-hydrogen) atoms. The standard InChI is InChI=1S/C10H6F3N/c11-10(12,13)9-6-2-1-4-8(9)5-3-7-14/h1-6H/b5-3+. The van der Waals surface area contributed by atoms with Crippen molar-refractivity contribution in [3.8, 4) is 6.07 Å². The van der Waals surface area contributed by atoms with Gasteiger partial charge in [0.25, 0.3) is 0 Å². The normalized spacial score (nSPS) is 11.6. The van der Waals surface area contributed by atoms with Crippen LogP contribution < -0.4 is 0 Å². The van der Waals surface area contributed by atoms with Crippen LogP contribution in [0.5, 0.6) is 0 Å². The Morgan fingerprint density at radius 3 is 2.43 bits per heavy atom. The number of hydrogen-bond donors (Lipinski definition) is 0. The molecule has 4 heteroatoms. The Hall–Kier alpha value is -1.76. The lowest BCUT2D eigenvalue weighted by Gasteiger charge is -2.08. The third-order valence-electron chi connectivity index (χ3n) is 1.60. The highest BCUT2D eigenvalue weighted by Gasteiger charge is 2.32. The van der Waals surface area contributed by atoms with Gasteiger partial charge in [-0.15, -0.1) is 0 Å². The van der Waals surface area contributed by atoms with E-state index in [1.807, 2.05) is 0 Å². The van der Waals surface area contributed by atoms with Crippen molar-refractivity contribution in [2.45, 2.75) is 6.18 Å². The average Bonchev–Trinajstić information content (AvgIpc) is 2.14. The summed E-state index contributed by atoms with van der Waals surface area (Å²) in [7, 11) is 0. The highest BCUT2D eigenvalue weighted by Crippen LogP contribution is 2.32. The van der Waals surface area contributed by atoms with Gasteiger partial charge >= 0.3 is 6.18 Å². The van der Waals surface area contributed by atoms with E-state index in [-0.39, 0.29) is 5.56 Å². The highest BCUT2D eigenvalue weighted by atomic mass is 19.4. The van der Waals surface area contributed by atoms with E-state index in [0.29, 0.717) is 0 Å². The van der Waals surface area contributed by atoms with E-state index >= 15 is 0 Å². The third-order valence-corrected chi connectivity index (χ3v) is 1.60. The summed E-state index contributed by atoms with van der Waals surface area (Å²) in [5.74, 6) is 0. The largest absolute Gasteiger partial charge is 0.416 e. The summed E-state index contributed by atoms with van der Waals surface area (Å²) < 4.78 is 37.1. The first kappa shape index (κ1) is 10.3. The molecule has 1 rings (SSSR count). The van der Waals surface area contributed by atoms with Crippen LogP contribution >= 0.6 is 0 Å². The lowest BCUT2D eigenvalue weighted by molar-refractivity contribution is -0.137. The summed E-state index contributed by atoms with van der Waals surface area (Å²) in [6.07, 6.45) is -2.22. The molecule has 0 aliphatic rings. The monoisotopic (exact) mass is 197 g/mol. The molecular weight excluding hydrogens is 191 g/mol. The molecule has 0 aliphatic carbocycles. The molecule has 72 valence electrons. The molecule has 0 aromatic heterocycles. The van der Waals surface area contributed by atoms with E-state index in [2.05, 4.69) is 0 Å². The summed E-state index contributed by atoms with van der Waals surface area (Å²) >= 11 is 0. The molecule has 1 aromatic rings. The van der Waals surface area contributed by atoms with Crippen LogP contribution in [0.25, 0.3) is 6.08 Å². The van der Waals surface area contributed by atoms with E-state index < -0.39 is 11.7 Å². The summed E-state index contributed by atoms with van der Waals surface area (Å²) in [6.45, 7) is 0. The van der Waals surface area contributed by atoms with Crippen LogP contribution in [0.15, 0.2) is 30.3 Å². The van der Waals surface area contributed by atoms with Crippen LogP contribution in [0.1, 0.15) is 11.1 Å². The minimum Gasteiger partial charge on any atom is -0.193 e. The molecule has 0 heterocycles. The second-order valence-electron chi connectivity index (χ2n) is 2.55. The number of nitriles is 1. The van der Waals surface area contributed by atoms with Crippen molar-refractivity contribution in [1.29, 1.82) is 5.26 Å². The number of halogens is 3.